The minimum absolute atomic E-state index is 0.0273. The number of carbonyl (C=O) groups is 1. The molecule has 5 nitrogen and oxygen atoms in total. The van der Waals surface area contributed by atoms with E-state index in [1.54, 1.807) is 18.2 Å². The van der Waals surface area contributed by atoms with Crippen molar-refractivity contribution in [3.63, 3.8) is 0 Å². The van der Waals surface area contributed by atoms with Crippen molar-refractivity contribution < 1.29 is 13.2 Å². The number of hydrogen-bond donors (Lipinski definition) is 1. The van der Waals surface area contributed by atoms with Gasteiger partial charge in [-0.25, -0.2) is 8.42 Å². The van der Waals surface area contributed by atoms with Crippen LogP contribution in [0.15, 0.2) is 65.6 Å². The normalized spacial score (nSPS) is 12.8. The van der Waals surface area contributed by atoms with Gasteiger partial charge in [0.25, 0.3) is 0 Å². The fourth-order valence-corrected chi connectivity index (χ4v) is 3.63. The molecule has 0 spiro atoms. The topological polar surface area (TPSA) is 66.5 Å². The van der Waals surface area contributed by atoms with Crippen LogP contribution < -0.4 is 5.32 Å². The van der Waals surface area contributed by atoms with Crippen molar-refractivity contribution >= 4 is 15.9 Å². The Labute approximate surface area is 149 Å². The van der Waals surface area contributed by atoms with Gasteiger partial charge in [-0.3, -0.25) is 4.79 Å². The molecule has 2 aromatic carbocycles. The molecule has 6 heteroatoms. The number of likely N-dealkylation sites (N-methyl/N-ethyl adjacent to an activating group) is 1. The summed E-state index contributed by atoms with van der Waals surface area (Å²) >= 11 is 0. The molecule has 0 aliphatic rings. The van der Waals surface area contributed by atoms with Gasteiger partial charge in [0.15, 0.2) is 0 Å². The van der Waals surface area contributed by atoms with E-state index in [1.807, 2.05) is 25.1 Å². The van der Waals surface area contributed by atoms with Crippen molar-refractivity contribution in [1.29, 1.82) is 0 Å². The van der Waals surface area contributed by atoms with Crippen molar-refractivity contribution in [2.45, 2.75) is 30.7 Å². The lowest BCUT2D eigenvalue weighted by Gasteiger charge is -2.19. The highest BCUT2D eigenvalue weighted by atomic mass is 32.2. The number of hydrogen-bond acceptors (Lipinski definition) is 3. The summed E-state index contributed by atoms with van der Waals surface area (Å²) in [5, 5.41) is 2.86. The lowest BCUT2D eigenvalue weighted by molar-refractivity contribution is -0.121. The largest absolute Gasteiger partial charge is 0.352 e. The molecule has 134 valence electrons. The number of nitrogens with one attached hydrogen (secondary N) is 1. The first-order valence-electron chi connectivity index (χ1n) is 8.24. The Kier molecular flexibility index (Phi) is 6.73. The number of aryl methyl sites for hydroxylation is 1. The predicted molar refractivity (Wildman–Crippen MR) is 98.6 cm³/mol. The van der Waals surface area contributed by atoms with E-state index in [0.717, 1.165) is 17.1 Å². The Balaban J connectivity index is 1.84. The third kappa shape index (κ3) is 5.69. The van der Waals surface area contributed by atoms with Gasteiger partial charge in [-0.15, -0.1) is 0 Å². The third-order valence-corrected chi connectivity index (χ3v) is 5.75. The van der Waals surface area contributed by atoms with Crippen LogP contribution in [0, 0.1) is 0 Å². The van der Waals surface area contributed by atoms with E-state index in [0.29, 0.717) is 0 Å². The standard InChI is InChI=1S/C19H24N2O3S/c1-16(13-14-17-9-5-3-6-10-17)20-19(22)15-21(2)25(23,24)18-11-7-4-8-12-18/h3-12,16H,13-15H2,1-2H3,(H,20,22)/t16-/m0/s1. The Morgan fingerprint density at radius 1 is 1.04 bits per heavy atom. The molecule has 0 unspecified atom stereocenters. The van der Waals surface area contributed by atoms with Crippen molar-refractivity contribution in [3.8, 4) is 0 Å². The van der Waals surface area contributed by atoms with Gasteiger partial charge in [0.2, 0.25) is 15.9 Å². The summed E-state index contributed by atoms with van der Waals surface area (Å²) in [5.74, 6) is -0.303. The average molecular weight is 360 g/mol. The second kappa shape index (κ2) is 8.78. The van der Waals surface area contributed by atoms with Gasteiger partial charge in [-0.2, -0.15) is 4.31 Å². The van der Waals surface area contributed by atoms with Gasteiger partial charge in [-0.05, 0) is 37.5 Å². The molecule has 1 atom stereocenters. The van der Waals surface area contributed by atoms with Crippen LogP contribution in [-0.4, -0.2) is 38.3 Å². The molecule has 0 aliphatic heterocycles. The molecule has 2 rings (SSSR count). The lowest BCUT2D eigenvalue weighted by atomic mass is 10.1. The second-order valence-corrected chi connectivity index (χ2v) is 8.11. The molecular formula is C19H24N2O3S. The molecule has 1 amide bonds. The molecule has 1 N–H and O–H groups in total. The number of carbonyl (C=O) groups excluding carboxylic acids is 1. The SMILES string of the molecule is C[C@@H](CCc1ccccc1)NC(=O)CN(C)S(=O)(=O)c1ccccc1. The summed E-state index contributed by atoms with van der Waals surface area (Å²) in [7, 11) is -2.24. The lowest BCUT2D eigenvalue weighted by Crippen LogP contribution is -2.41. The van der Waals surface area contributed by atoms with Crippen molar-refractivity contribution in [3.05, 3.63) is 66.2 Å². The molecule has 0 aromatic heterocycles. The van der Waals surface area contributed by atoms with Crippen LogP contribution in [0.1, 0.15) is 18.9 Å². The zero-order valence-electron chi connectivity index (χ0n) is 14.6. The van der Waals surface area contributed by atoms with Crippen LogP contribution in [0.2, 0.25) is 0 Å². The zero-order chi connectivity index (χ0) is 18.3. The summed E-state index contributed by atoms with van der Waals surface area (Å²) in [6.45, 7) is 1.72. The van der Waals surface area contributed by atoms with E-state index >= 15 is 0 Å². The van der Waals surface area contributed by atoms with Gasteiger partial charge in [0.05, 0.1) is 11.4 Å². The molecule has 2 aromatic rings. The first-order chi connectivity index (χ1) is 11.9. The molecule has 0 bridgehead atoms. The van der Waals surface area contributed by atoms with E-state index in [1.165, 1.54) is 24.7 Å². The van der Waals surface area contributed by atoms with Gasteiger partial charge in [0.1, 0.15) is 0 Å². The highest BCUT2D eigenvalue weighted by Gasteiger charge is 2.23. The second-order valence-electron chi connectivity index (χ2n) is 6.07. The maximum absolute atomic E-state index is 12.4. The molecule has 0 radical (unpaired) electrons. The van der Waals surface area contributed by atoms with Crippen LogP contribution in [0.4, 0.5) is 0 Å². The maximum Gasteiger partial charge on any atom is 0.243 e. The summed E-state index contributed by atoms with van der Waals surface area (Å²) in [4.78, 5) is 12.3. The van der Waals surface area contributed by atoms with Crippen LogP contribution in [0.3, 0.4) is 0 Å². The molecular weight excluding hydrogens is 336 g/mol. The number of amides is 1. The first-order valence-corrected chi connectivity index (χ1v) is 9.68. The molecule has 0 saturated carbocycles. The molecule has 25 heavy (non-hydrogen) atoms. The molecule has 0 heterocycles. The Hall–Kier alpha value is -2.18. The average Bonchev–Trinajstić information content (AvgIpc) is 2.61. The van der Waals surface area contributed by atoms with E-state index in [2.05, 4.69) is 17.4 Å². The van der Waals surface area contributed by atoms with Crippen molar-refractivity contribution in [2.24, 2.45) is 0 Å². The van der Waals surface area contributed by atoms with E-state index in [-0.39, 0.29) is 23.4 Å². The fraction of sp³-hybridized carbons (Fsp3) is 0.316. The van der Waals surface area contributed by atoms with Crippen LogP contribution in [-0.2, 0) is 21.2 Å². The quantitative estimate of drug-likeness (QED) is 0.786. The maximum atomic E-state index is 12.4. The Morgan fingerprint density at radius 2 is 1.60 bits per heavy atom. The van der Waals surface area contributed by atoms with Gasteiger partial charge >= 0.3 is 0 Å². The number of sulfonamides is 1. The van der Waals surface area contributed by atoms with E-state index in [9.17, 15) is 13.2 Å². The first kappa shape index (κ1) is 19.1. The summed E-state index contributed by atoms with van der Waals surface area (Å²) in [6.07, 6.45) is 1.66. The number of rotatable bonds is 8. The zero-order valence-corrected chi connectivity index (χ0v) is 15.4. The van der Waals surface area contributed by atoms with Gasteiger partial charge < -0.3 is 5.32 Å². The monoisotopic (exact) mass is 360 g/mol. The molecule has 0 aliphatic carbocycles. The smallest absolute Gasteiger partial charge is 0.243 e. The highest BCUT2D eigenvalue weighted by molar-refractivity contribution is 7.89. The molecule has 0 fully saturated rings. The fourth-order valence-electron chi connectivity index (χ4n) is 2.48. The minimum Gasteiger partial charge on any atom is -0.352 e. The molecule has 0 saturated heterocycles. The van der Waals surface area contributed by atoms with E-state index in [4.69, 9.17) is 0 Å². The van der Waals surface area contributed by atoms with Crippen molar-refractivity contribution in [1.82, 2.24) is 9.62 Å². The number of nitrogens with zero attached hydrogens (tertiary/aromatic N) is 1. The Morgan fingerprint density at radius 3 is 2.20 bits per heavy atom. The van der Waals surface area contributed by atoms with Crippen molar-refractivity contribution in [2.75, 3.05) is 13.6 Å². The van der Waals surface area contributed by atoms with Crippen LogP contribution >= 0.6 is 0 Å². The van der Waals surface area contributed by atoms with Gasteiger partial charge in [-0.1, -0.05) is 48.5 Å². The minimum atomic E-state index is -3.65. The van der Waals surface area contributed by atoms with Crippen LogP contribution in [0.25, 0.3) is 0 Å². The summed E-state index contributed by atoms with van der Waals surface area (Å²) < 4.78 is 25.9. The third-order valence-electron chi connectivity index (χ3n) is 3.93. The summed E-state index contributed by atoms with van der Waals surface area (Å²) in [5.41, 5.74) is 1.22. The predicted octanol–water partition coefficient (Wildman–Crippen LogP) is 2.44. The highest BCUT2D eigenvalue weighted by Crippen LogP contribution is 2.13. The van der Waals surface area contributed by atoms with Gasteiger partial charge in [0, 0.05) is 13.1 Å². The van der Waals surface area contributed by atoms with Crippen LogP contribution in [0.5, 0.6) is 0 Å². The van der Waals surface area contributed by atoms with E-state index < -0.39 is 10.0 Å². The summed E-state index contributed by atoms with van der Waals surface area (Å²) in [6, 6.07) is 18.1. The number of benzene rings is 2. The Bertz CT molecular complexity index is 777.